The van der Waals surface area contributed by atoms with Crippen molar-refractivity contribution in [2.75, 3.05) is 26.8 Å². The highest BCUT2D eigenvalue weighted by molar-refractivity contribution is 4.63. The van der Waals surface area contributed by atoms with Crippen molar-refractivity contribution in [1.29, 1.82) is 0 Å². The summed E-state index contributed by atoms with van der Waals surface area (Å²) < 4.78 is 5.31. The van der Waals surface area contributed by atoms with Crippen LogP contribution in [0.4, 0.5) is 0 Å². The molecule has 0 heterocycles. The molecule has 0 aliphatic carbocycles. The minimum Gasteiger partial charge on any atom is -0.382 e. The summed E-state index contributed by atoms with van der Waals surface area (Å²) in [5.74, 6) is 1.57. The first-order valence-corrected chi connectivity index (χ1v) is 5.44. The average Bonchev–Trinajstić information content (AvgIpc) is 2.12. The molecule has 80 valence electrons. The Labute approximate surface area is 83.1 Å². The van der Waals surface area contributed by atoms with Crippen LogP contribution in [-0.2, 0) is 4.74 Å². The van der Waals surface area contributed by atoms with E-state index >= 15 is 0 Å². The number of hydrogen-bond acceptors (Lipinski definition) is 2. The van der Waals surface area contributed by atoms with Crippen LogP contribution in [0.5, 0.6) is 0 Å². The van der Waals surface area contributed by atoms with E-state index in [1.54, 1.807) is 0 Å². The van der Waals surface area contributed by atoms with E-state index in [0.717, 1.165) is 31.6 Å². The summed E-state index contributed by atoms with van der Waals surface area (Å²) in [5.41, 5.74) is 0. The molecule has 2 unspecified atom stereocenters. The standard InChI is InChI=1S/C11H25NO/c1-5-13-8-6-7-10(2)11(3)9-12-4/h10-12H,5-9H2,1-4H3. The van der Waals surface area contributed by atoms with Gasteiger partial charge in [-0.25, -0.2) is 0 Å². The monoisotopic (exact) mass is 187 g/mol. The Hall–Kier alpha value is -0.0800. The first-order valence-electron chi connectivity index (χ1n) is 5.44. The first kappa shape index (κ1) is 12.9. The van der Waals surface area contributed by atoms with E-state index < -0.39 is 0 Å². The summed E-state index contributed by atoms with van der Waals surface area (Å²) >= 11 is 0. The summed E-state index contributed by atoms with van der Waals surface area (Å²) in [6.45, 7) is 9.58. The van der Waals surface area contributed by atoms with Crippen molar-refractivity contribution < 1.29 is 4.74 Å². The fraction of sp³-hybridized carbons (Fsp3) is 1.00. The molecule has 2 heteroatoms. The second kappa shape index (κ2) is 8.52. The molecule has 0 aliphatic heterocycles. The molecule has 1 N–H and O–H groups in total. The van der Waals surface area contributed by atoms with E-state index in [-0.39, 0.29) is 0 Å². The van der Waals surface area contributed by atoms with Gasteiger partial charge in [0.25, 0.3) is 0 Å². The molecule has 0 fully saturated rings. The van der Waals surface area contributed by atoms with Crippen molar-refractivity contribution in [3.63, 3.8) is 0 Å². The van der Waals surface area contributed by atoms with Gasteiger partial charge in [-0.1, -0.05) is 13.8 Å². The zero-order valence-corrected chi connectivity index (χ0v) is 9.60. The topological polar surface area (TPSA) is 21.3 Å². The smallest absolute Gasteiger partial charge is 0.0465 e. The summed E-state index contributed by atoms with van der Waals surface area (Å²) in [4.78, 5) is 0. The molecule has 0 saturated heterocycles. The van der Waals surface area contributed by atoms with Gasteiger partial charge in [0.2, 0.25) is 0 Å². The van der Waals surface area contributed by atoms with E-state index in [9.17, 15) is 0 Å². The van der Waals surface area contributed by atoms with Crippen LogP contribution in [0, 0.1) is 11.8 Å². The third-order valence-electron chi connectivity index (χ3n) is 2.65. The molecule has 0 spiro atoms. The van der Waals surface area contributed by atoms with Gasteiger partial charge in [0.15, 0.2) is 0 Å². The van der Waals surface area contributed by atoms with Crippen LogP contribution in [-0.4, -0.2) is 26.8 Å². The molecule has 0 rings (SSSR count). The number of rotatable bonds is 8. The molecule has 0 bridgehead atoms. The van der Waals surface area contributed by atoms with Crippen molar-refractivity contribution >= 4 is 0 Å². The number of ether oxygens (including phenoxy) is 1. The van der Waals surface area contributed by atoms with Crippen LogP contribution >= 0.6 is 0 Å². The van der Waals surface area contributed by atoms with Gasteiger partial charge in [0.05, 0.1) is 0 Å². The molecule has 0 aromatic carbocycles. The van der Waals surface area contributed by atoms with Crippen LogP contribution in [0.1, 0.15) is 33.6 Å². The van der Waals surface area contributed by atoms with Crippen LogP contribution in [0.3, 0.4) is 0 Å². The highest BCUT2D eigenvalue weighted by atomic mass is 16.5. The lowest BCUT2D eigenvalue weighted by Crippen LogP contribution is -2.22. The van der Waals surface area contributed by atoms with Crippen molar-refractivity contribution in [3.05, 3.63) is 0 Å². The van der Waals surface area contributed by atoms with E-state index in [1.165, 1.54) is 12.8 Å². The molecule has 0 amide bonds. The summed E-state index contributed by atoms with van der Waals surface area (Å²) in [5, 5.41) is 3.22. The predicted molar refractivity (Wildman–Crippen MR) is 58.0 cm³/mol. The van der Waals surface area contributed by atoms with Gasteiger partial charge in [0, 0.05) is 13.2 Å². The van der Waals surface area contributed by atoms with Gasteiger partial charge in [0.1, 0.15) is 0 Å². The van der Waals surface area contributed by atoms with Gasteiger partial charge >= 0.3 is 0 Å². The third-order valence-corrected chi connectivity index (χ3v) is 2.65. The highest BCUT2D eigenvalue weighted by Gasteiger charge is 2.10. The van der Waals surface area contributed by atoms with Gasteiger partial charge in [-0.05, 0) is 45.2 Å². The molecule has 0 aromatic rings. The Bertz CT molecular complexity index is 106. The molecule has 13 heavy (non-hydrogen) atoms. The minimum absolute atomic E-state index is 0.770. The number of nitrogens with one attached hydrogen (secondary N) is 1. The lowest BCUT2D eigenvalue weighted by atomic mass is 9.92. The van der Waals surface area contributed by atoms with E-state index in [2.05, 4.69) is 19.2 Å². The van der Waals surface area contributed by atoms with Gasteiger partial charge < -0.3 is 10.1 Å². The molecule has 0 aliphatic rings. The maximum Gasteiger partial charge on any atom is 0.0465 e. The van der Waals surface area contributed by atoms with E-state index in [4.69, 9.17) is 4.74 Å². The predicted octanol–water partition coefficient (Wildman–Crippen LogP) is 2.29. The first-order chi connectivity index (χ1) is 6.22. The fourth-order valence-corrected chi connectivity index (χ4v) is 1.46. The summed E-state index contributed by atoms with van der Waals surface area (Å²) in [7, 11) is 2.02. The maximum atomic E-state index is 5.31. The molecular formula is C11H25NO. The zero-order chi connectivity index (χ0) is 10.1. The van der Waals surface area contributed by atoms with Gasteiger partial charge in [-0.3, -0.25) is 0 Å². The molecule has 0 aromatic heterocycles. The van der Waals surface area contributed by atoms with Crippen molar-refractivity contribution in [1.82, 2.24) is 5.32 Å². The Morgan fingerprint density at radius 2 is 1.92 bits per heavy atom. The molecule has 2 nitrogen and oxygen atoms in total. The Morgan fingerprint density at radius 1 is 1.23 bits per heavy atom. The van der Waals surface area contributed by atoms with Crippen LogP contribution in [0.15, 0.2) is 0 Å². The summed E-state index contributed by atoms with van der Waals surface area (Å²) in [6, 6.07) is 0. The van der Waals surface area contributed by atoms with Crippen molar-refractivity contribution in [3.8, 4) is 0 Å². The molecular weight excluding hydrogens is 162 g/mol. The Balaban J connectivity index is 3.32. The zero-order valence-electron chi connectivity index (χ0n) is 9.60. The molecule has 0 radical (unpaired) electrons. The normalized spacial score (nSPS) is 15.7. The summed E-state index contributed by atoms with van der Waals surface area (Å²) in [6.07, 6.45) is 2.48. The fourth-order valence-electron chi connectivity index (χ4n) is 1.46. The SMILES string of the molecule is CCOCCCC(C)C(C)CNC. The Morgan fingerprint density at radius 3 is 2.46 bits per heavy atom. The Kier molecular flexibility index (Phi) is 8.46. The lowest BCUT2D eigenvalue weighted by molar-refractivity contribution is 0.137. The third kappa shape index (κ3) is 7.03. The van der Waals surface area contributed by atoms with Crippen LogP contribution < -0.4 is 5.32 Å². The van der Waals surface area contributed by atoms with Crippen molar-refractivity contribution in [2.45, 2.75) is 33.6 Å². The number of hydrogen-bond donors (Lipinski definition) is 1. The highest BCUT2D eigenvalue weighted by Crippen LogP contribution is 2.15. The lowest BCUT2D eigenvalue weighted by Gasteiger charge is -2.19. The van der Waals surface area contributed by atoms with Crippen LogP contribution in [0.2, 0.25) is 0 Å². The molecule has 2 atom stereocenters. The molecule has 0 saturated carbocycles. The second-order valence-corrected chi connectivity index (χ2v) is 3.85. The average molecular weight is 187 g/mol. The van der Waals surface area contributed by atoms with Crippen LogP contribution in [0.25, 0.3) is 0 Å². The minimum atomic E-state index is 0.770. The van der Waals surface area contributed by atoms with E-state index in [0.29, 0.717) is 0 Å². The van der Waals surface area contributed by atoms with Gasteiger partial charge in [-0.2, -0.15) is 0 Å². The van der Waals surface area contributed by atoms with Crippen molar-refractivity contribution in [2.24, 2.45) is 11.8 Å². The maximum absolute atomic E-state index is 5.31. The van der Waals surface area contributed by atoms with Gasteiger partial charge in [-0.15, -0.1) is 0 Å². The van der Waals surface area contributed by atoms with E-state index in [1.807, 2.05) is 14.0 Å². The quantitative estimate of drug-likeness (QED) is 0.589. The second-order valence-electron chi connectivity index (χ2n) is 3.85. The largest absolute Gasteiger partial charge is 0.382 e.